The number of likely N-dealkylation sites (N-methyl/N-ethyl adjacent to an activating group) is 1. The van der Waals surface area contributed by atoms with Crippen molar-refractivity contribution >= 4 is 17.8 Å². The Kier molecular flexibility index (Phi) is 6.52. The Labute approximate surface area is 114 Å². The van der Waals surface area contributed by atoms with Crippen LogP contribution in [0, 0.1) is 0 Å². The first kappa shape index (κ1) is 17.4. The van der Waals surface area contributed by atoms with Crippen molar-refractivity contribution in [2.24, 2.45) is 0 Å². The van der Waals surface area contributed by atoms with E-state index >= 15 is 0 Å². The molecule has 0 aromatic rings. The van der Waals surface area contributed by atoms with Crippen LogP contribution in [-0.4, -0.2) is 48.4 Å². The summed E-state index contributed by atoms with van der Waals surface area (Å²) in [5, 5.41) is 2.54. The zero-order chi connectivity index (χ0) is 15.2. The Morgan fingerprint density at radius 3 is 2.11 bits per heavy atom. The number of hydrogen-bond donors (Lipinski definition) is 1. The summed E-state index contributed by atoms with van der Waals surface area (Å²) in [6, 6.07) is -0.596. The van der Waals surface area contributed by atoms with E-state index in [-0.39, 0.29) is 24.7 Å². The molecule has 0 aromatic heterocycles. The van der Waals surface area contributed by atoms with E-state index in [1.54, 1.807) is 41.8 Å². The van der Waals surface area contributed by atoms with Crippen LogP contribution >= 0.6 is 0 Å². The molecule has 0 rings (SSSR count). The molecule has 6 heteroatoms. The predicted octanol–water partition coefficient (Wildman–Crippen LogP) is 0.701. The summed E-state index contributed by atoms with van der Waals surface area (Å²) >= 11 is 0. The summed E-state index contributed by atoms with van der Waals surface area (Å²) < 4.78 is 5.08. The topological polar surface area (TPSA) is 75.7 Å². The number of nitrogens with zero attached hydrogens (tertiary/aromatic N) is 1. The normalized spacial score (nSPS) is 12.5. The van der Waals surface area contributed by atoms with Gasteiger partial charge >= 0.3 is 5.97 Å². The number of carbonyl (C=O) groups is 3. The van der Waals surface area contributed by atoms with E-state index in [9.17, 15) is 14.4 Å². The Balaban J connectivity index is 4.07. The van der Waals surface area contributed by atoms with Gasteiger partial charge in [-0.05, 0) is 27.7 Å². The average molecular weight is 272 g/mol. The second-order valence-electron chi connectivity index (χ2n) is 5.61. The summed E-state index contributed by atoms with van der Waals surface area (Å²) in [7, 11) is 3.23. The number of esters is 1. The van der Waals surface area contributed by atoms with Gasteiger partial charge in [0.25, 0.3) is 0 Å². The lowest BCUT2D eigenvalue weighted by Crippen LogP contribution is -2.44. The molecule has 1 unspecified atom stereocenters. The molecule has 0 aromatic carbocycles. The number of hydrogen-bond acceptors (Lipinski definition) is 4. The van der Waals surface area contributed by atoms with Gasteiger partial charge in [0.05, 0.1) is 6.42 Å². The van der Waals surface area contributed by atoms with Crippen molar-refractivity contribution in [3.63, 3.8) is 0 Å². The molecule has 0 bridgehead atoms. The van der Waals surface area contributed by atoms with Gasteiger partial charge in [-0.3, -0.25) is 14.4 Å². The molecule has 0 fully saturated rings. The maximum atomic E-state index is 11.6. The molecule has 0 aliphatic rings. The van der Waals surface area contributed by atoms with E-state index in [0.29, 0.717) is 0 Å². The van der Waals surface area contributed by atoms with Gasteiger partial charge in [-0.15, -0.1) is 0 Å². The fourth-order valence-electron chi connectivity index (χ4n) is 1.37. The standard InChI is InChI=1S/C13H24N2O4/c1-9(12(18)15(5)6)14-10(16)7-8-11(17)19-13(2,3)4/h9H,7-8H2,1-6H3,(H,14,16). The smallest absolute Gasteiger partial charge is 0.306 e. The van der Waals surface area contributed by atoms with E-state index in [1.165, 1.54) is 4.90 Å². The zero-order valence-corrected chi connectivity index (χ0v) is 12.6. The van der Waals surface area contributed by atoms with Crippen LogP contribution in [0.1, 0.15) is 40.5 Å². The van der Waals surface area contributed by atoms with Crippen LogP contribution in [0.2, 0.25) is 0 Å². The van der Waals surface area contributed by atoms with Crippen molar-refractivity contribution in [3.05, 3.63) is 0 Å². The van der Waals surface area contributed by atoms with Crippen LogP contribution in [0.3, 0.4) is 0 Å². The van der Waals surface area contributed by atoms with Gasteiger partial charge in [-0.25, -0.2) is 0 Å². The molecular formula is C13H24N2O4. The SMILES string of the molecule is CC(NC(=O)CCC(=O)OC(C)(C)C)C(=O)N(C)C. The third kappa shape index (κ3) is 8.18. The van der Waals surface area contributed by atoms with E-state index in [2.05, 4.69) is 5.32 Å². The Hall–Kier alpha value is -1.59. The number of amides is 2. The van der Waals surface area contributed by atoms with Crippen LogP contribution in [0.25, 0.3) is 0 Å². The highest BCUT2D eigenvalue weighted by Gasteiger charge is 2.19. The summed E-state index contributed by atoms with van der Waals surface area (Å²) in [4.78, 5) is 35.9. The lowest BCUT2D eigenvalue weighted by Gasteiger charge is -2.20. The van der Waals surface area contributed by atoms with E-state index in [1.807, 2.05) is 0 Å². The number of nitrogens with one attached hydrogen (secondary N) is 1. The molecule has 0 radical (unpaired) electrons. The molecule has 0 heterocycles. The highest BCUT2D eigenvalue weighted by molar-refractivity contribution is 5.88. The molecule has 0 aliphatic carbocycles. The van der Waals surface area contributed by atoms with Gasteiger partial charge in [0.1, 0.15) is 11.6 Å². The van der Waals surface area contributed by atoms with Crippen LogP contribution < -0.4 is 5.32 Å². The summed E-state index contributed by atoms with van der Waals surface area (Å²) in [6.07, 6.45) is 0.0198. The predicted molar refractivity (Wildman–Crippen MR) is 71.4 cm³/mol. The molecule has 19 heavy (non-hydrogen) atoms. The number of ether oxygens (including phenoxy) is 1. The quantitative estimate of drug-likeness (QED) is 0.748. The lowest BCUT2D eigenvalue weighted by atomic mass is 10.2. The maximum Gasteiger partial charge on any atom is 0.306 e. The molecule has 0 saturated carbocycles. The minimum absolute atomic E-state index is 0.00593. The van der Waals surface area contributed by atoms with Crippen molar-refractivity contribution in [2.45, 2.75) is 52.2 Å². The van der Waals surface area contributed by atoms with E-state index in [4.69, 9.17) is 4.74 Å². The van der Waals surface area contributed by atoms with E-state index in [0.717, 1.165) is 0 Å². The molecule has 6 nitrogen and oxygen atoms in total. The molecule has 0 saturated heterocycles. The Morgan fingerprint density at radius 2 is 1.68 bits per heavy atom. The van der Waals surface area contributed by atoms with Crippen molar-refractivity contribution in [3.8, 4) is 0 Å². The van der Waals surface area contributed by atoms with Gasteiger partial charge in [0.2, 0.25) is 11.8 Å². The molecule has 1 N–H and O–H groups in total. The van der Waals surface area contributed by atoms with Gasteiger partial charge in [-0.1, -0.05) is 0 Å². The first-order valence-electron chi connectivity index (χ1n) is 6.25. The largest absolute Gasteiger partial charge is 0.460 e. The second-order valence-corrected chi connectivity index (χ2v) is 5.61. The van der Waals surface area contributed by atoms with Gasteiger partial charge in [0, 0.05) is 20.5 Å². The van der Waals surface area contributed by atoms with Crippen LogP contribution in [0.5, 0.6) is 0 Å². The molecule has 110 valence electrons. The molecular weight excluding hydrogens is 248 g/mol. The first-order chi connectivity index (χ1) is 8.53. The third-order valence-electron chi connectivity index (χ3n) is 2.16. The number of carbonyl (C=O) groups excluding carboxylic acids is 3. The van der Waals surface area contributed by atoms with Crippen LogP contribution in [0.15, 0.2) is 0 Å². The molecule has 1 atom stereocenters. The van der Waals surface area contributed by atoms with Crippen molar-refractivity contribution in [2.75, 3.05) is 14.1 Å². The molecule has 2 amide bonds. The monoisotopic (exact) mass is 272 g/mol. The van der Waals surface area contributed by atoms with Crippen LogP contribution in [-0.2, 0) is 19.1 Å². The zero-order valence-electron chi connectivity index (χ0n) is 12.6. The number of rotatable bonds is 5. The van der Waals surface area contributed by atoms with Crippen molar-refractivity contribution < 1.29 is 19.1 Å². The Bertz CT molecular complexity index is 345. The lowest BCUT2D eigenvalue weighted by molar-refractivity contribution is -0.155. The minimum atomic E-state index is -0.596. The third-order valence-corrected chi connectivity index (χ3v) is 2.16. The summed E-state index contributed by atoms with van der Waals surface area (Å²) in [5.41, 5.74) is -0.554. The van der Waals surface area contributed by atoms with Gasteiger partial charge in [-0.2, -0.15) is 0 Å². The van der Waals surface area contributed by atoms with Crippen molar-refractivity contribution in [1.82, 2.24) is 10.2 Å². The average Bonchev–Trinajstić information content (AvgIpc) is 2.22. The van der Waals surface area contributed by atoms with E-state index < -0.39 is 17.6 Å². The Morgan fingerprint density at radius 1 is 1.16 bits per heavy atom. The highest BCUT2D eigenvalue weighted by Crippen LogP contribution is 2.09. The van der Waals surface area contributed by atoms with Gasteiger partial charge in [0.15, 0.2) is 0 Å². The maximum absolute atomic E-state index is 11.6. The second kappa shape index (κ2) is 7.11. The summed E-state index contributed by atoms with van der Waals surface area (Å²) in [5.74, 6) is -0.951. The fraction of sp³-hybridized carbons (Fsp3) is 0.769. The summed E-state index contributed by atoms with van der Waals surface area (Å²) in [6.45, 7) is 6.90. The van der Waals surface area contributed by atoms with Gasteiger partial charge < -0.3 is 15.0 Å². The highest BCUT2D eigenvalue weighted by atomic mass is 16.6. The van der Waals surface area contributed by atoms with Crippen LogP contribution in [0.4, 0.5) is 0 Å². The minimum Gasteiger partial charge on any atom is -0.460 e. The fourth-order valence-corrected chi connectivity index (χ4v) is 1.37. The molecule has 0 aliphatic heterocycles. The molecule has 0 spiro atoms. The first-order valence-corrected chi connectivity index (χ1v) is 6.25. The van der Waals surface area contributed by atoms with Crippen molar-refractivity contribution in [1.29, 1.82) is 0 Å².